The Labute approximate surface area is 149 Å². The van der Waals surface area contributed by atoms with Gasteiger partial charge in [0.1, 0.15) is 5.60 Å². The number of hydrogen-bond acceptors (Lipinski definition) is 1. The Kier molecular flexibility index (Phi) is 4.03. The first-order valence-electron chi connectivity index (χ1n) is 8.78. The highest BCUT2D eigenvalue weighted by Gasteiger charge is 2.50. The van der Waals surface area contributed by atoms with Crippen molar-refractivity contribution in [3.8, 4) is 0 Å². The highest BCUT2D eigenvalue weighted by molar-refractivity contribution is 5.60. The first-order valence-corrected chi connectivity index (χ1v) is 8.78. The third-order valence-electron chi connectivity index (χ3n) is 5.09. The molecule has 0 radical (unpaired) electrons. The molecule has 0 spiro atoms. The minimum absolute atomic E-state index is 0.123. The van der Waals surface area contributed by atoms with Crippen LogP contribution in [0.3, 0.4) is 0 Å². The number of aryl methyl sites for hydroxylation is 1. The average molecular weight is 326 g/mol. The Morgan fingerprint density at radius 3 is 2.00 bits per heavy atom. The summed E-state index contributed by atoms with van der Waals surface area (Å²) in [5.41, 5.74) is 4.65. The van der Waals surface area contributed by atoms with Crippen molar-refractivity contribution in [1.82, 2.24) is 0 Å². The summed E-state index contributed by atoms with van der Waals surface area (Å²) in [5.74, 6) is 0.123. The molecule has 1 saturated carbocycles. The van der Waals surface area contributed by atoms with Crippen molar-refractivity contribution < 1.29 is 5.11 Å². The fourth-order valence-corrected chi connectivity index (χ4v) is 3.58. The van der Waals surface area contributed by atoms with Gasteiger partial charge in [-0.2, -0.15) is 0 Å². The van der Waals surface area contributed by atoms with Crippen LogP contribution in [-0.4, -0.2) is 5.11 Å². The third-order valence-corrected chi connectivity index (χ3v) is 5.09. The van der Waals surface area contributed by atoms with Gasteiger partial charge >= 0.3 is 0 Å². The van der Waals surface area contributed by atoms with Gasteiger partial charge in [-0.25, -0.2) is 0 Å². The summed E-state index contributed by atoms with van der Waals surface area (Å²) in [6, 6.07) is 28.6. The fourth-order valence-electron chi connectivity index (χ4n) is 3.58. The maximum Gasteiger partial charge on any atom is 0.121 e. The van der Waals surface area contributed by atoms with E-state index in [2.05, 4.69) is 49.4 Å². The van der Waals surface area contributed by atoms with Crippen LogP contribution < -0.4 is 0 Å². The Morgan fingerprint density at radius 1 is 0.800 bits per heavy atom. The normalized spacial score (nSPS) is 20.2. The van der Waals surface area contributed by atoms with Gasteiger partial charge in [0.2, 0.25) is 0 Å². The molecule has 1 nitrogen and oxygen atoms in total. The summed E-state index contributed by atoms with van der Waals surface area (Å²) in [7, 11) is 0. The molecule has 0 aliphatic heterocycles. The van der Waals surface area contributed by atoms with Crippen molar-refractivity contribution in [2.75, 3.05) is 0 Å². The molecule has 0 aromatic heterocycles. The molecule has 1 aliphatic rings. The second kappa shape index (κ2) is 6.34. The molecule has 25 heavy (non-hydrogen) atoms. The van der Waals surface area contributed by atoms with Crippen LogP contribution >= 0.6 is 0 Å². The number of rotatable bonds is 4. The van der Waals surface area contributed by atoms with Gasteiger partial charge in [0.15, 0.2) is 0 Å². The van der Waals surface area contributed by atoms with E-state index in [9.17, 15) is 5.11 Å². The molecule has 0 amide bonds. The number of benzene rings is 3. The molecule has 2 unspecified atom stereocenters. The molecule has 1 N–H and O–H groups in total. The Balaban J connectivity index is 1.75. The summed E-state index contributed by atoms with van der Waals surface area (Å²) < 4.78 is 0. The zero-order chi connectivity index (χ0) is 17.3. The highest BCUT2D eigenvalue weighted by atomic mass is 16.3. The lowest BCUT2D eigenvalue weighted by Gasteiger charge is -2.29. The van der Waals surface area contributed by atoms with Crippen LogP contribution in [0, 0.1) is 12.8 Å². The molecule has 0 saturated heterocycles. The smallest absolute Gasteiger partial charge is 0.121 e. The van der Waals surface area contributed by atoms with Gasteiger partial charge in [0.05, 0.1) is 0 Å². The zero-order valence-electron chi connectivity index (χ0n) is 14.4. The maximum absolute atomic E-state index is 11.8. The summed E-state index contributed by atoms with van der Waals surface area (Å²) in [4.78, 5) is 0. The number of hydrogen-bond donors (Lipinski definition) is 1. The standard InChI is InChI=1S/C24H22O/c1-18-12-14-22(15-13-18)24(25,21-10-6-3-7-11-21)23-17-20(23)16-19-8-4-2-5-9-19/h2-16,23,25H,17H2,1H3/b20-16-. The van der Waals surface area contributed by atoms with Gasteiger partial charge < -0.3 is 5.11 Å². The van der Waals surface area contributed by atoms with E-state index in [1.807, 2.05) is 48.5 Å². The SMILES string of the molecule is Cc1ccc(C(O)(c2ccccc2)C2C/C2=C/c2ccccc2)cc1. The monoisotopic (exact) mass is 326 g/mol. The van der Waals surface area contributed by atoms with Crippen LogP contribution in [0.4, 0.5) is 0 Å². The van der Waals surface area contributed by atoms with Gasteiger partial charge in [-0.15, -0.1) is 0 Å². The van der Waals surface area contributed by atoms with E-state index in [-0.39, 0.29) is 5.92 Å². The highest BCUT2D eigenvalue weighted by Crippen LogP contribution is 2.54. The molecule has 1 fully saturated rings. The minimum atomic E-state index is -0.977. The van der Waals surface area contributed by atoms with Gasteiger partial charge in [0, 0.05) is 5.92 Å². The van der Waals surface area contributed by atoms with E-state index < -0.39 is 5.60 Å². The molecule has 3 aromatic rings. The first-order chi connectivity index (χ1) is 12.2. The van der Waals surface area contributed by atoms with Gasteiger partial charge in [-0.1, -0.05) is 102 Å². The summed E-state index contributed by atoms with van der Waals surface area (Å²) in [6.07, 6.45) is 3.14. The van der Waals surface area contributed by atoms with Gasteiger partial charge in [-0.05, 0) is 30.0 Å². The van der Waals surface area contributed by atoms with Crippen molar-refractivity contribution in [1.29, 1.82) is 0 Å². The second-order valence-corrected chi connectivity index (χ2v) is 6.89. The third kappa shape index (κ3) is 3.04. The van der Waals surface area contributed by atoms with Crippen molar-refractivity contribution >= 4 is 6.08 Å². The second-order valence-electron chi connectivity index (χ2n) is 6.89. The largest absolute Gasteiger partial charge is 0.380 e. The topological polar surface area (TPSA) is 20.2 Å². The van der Waals surface area contributed by atoms with Crippen LogP contribution in [0.1, 0.15) is 28.7 Å². The molecular formula is C24H22O. The lowest BCUT2D eigenvalue weighted by atomic mass is 9.81. The average Bonchev–Trinajstić information content (AvgIpc) is 3.43. The van der Waals surface area contributed by atoms with Crippen LogP contribution in [-0.2, 0) is 5.60 Å². The predicted octanol–water partition coefficient (Wildman–Crippen LogP) is 5.33. The molecule has 0 bridgehead atoms. The molecule has 2 atom stereocenters. The van der Waals surface area contributed by atoms with E-state index in [0.717, 1.165) is 17.5 Å². The quantitative estimate of drug-likeness (QED) is 0.686. The Morgan fingerprint density at radius 2 is 1.36 bits per heavy atom. The van der Waals surface area contributed by atoms with Gasteiger partial charge in [0.25, 0.3) is 0 Å². The van der Waals surface area contributed by atoms with Crippen molar-refractivity contribution in [3.63, 3.8) is 0 Å². The Bertz CT molecular complexity index is 878. The molecular weight excluding hydrogens is 304 g/mol. The fraction of sp³-hybridized carbons (Fsp3) is 0.167. The van der Waals surface area contributed by atoms with E-state index in [1.165, 1.54) is 16.7 Å². The van der Waals surface area contributed by atoms with Crippen LogP contribution in [0.25, 0.3) is 6.08 Å². The molecule has 0 heterocycles. The first kappa shape index (κ1) is 15.9. The van der Waals surface area contributed by atoms with Crippen LogP contribution in [0.15, 0.2) is 90.5 Å². The Hall–Kier alpha value is -2.64. The molecule has 1 heteroatoms. The van der Waals surface area contributed by atoms with Crippen molar-refractivity contribution in [2.45, 2.75) is 18.9 Å². The van der Waals surface area contributed by atoms with E-state index >= 15 is 0 Å². The summed E-state index contributed by atoms with van der Waals surface area (Å²) in [6.45, 7) is 2.07. The van der Waals surface area contributed by atoms with E-state index in [1.54, 1.807) is 0 Å². The van der Waals surface area contributed by atoms with Crippen molar-refractivity contribution in [2.24, 2.45) is 5.92 Å². The number of aliphatic hydroxyl groups is 1. The van der Waals surface area contributed by atoms with E-state index in [4.69, 9.17) is 0 Å². The molecule has 4 rings (SSSR count). The lowest BCUT2D eigenvalue weighted by Crippen LogP contribution is -2.30. The summed E-state index contributed by atoms with van der Waals surface area (Å²) in [5, 5.41) is 11.8. The van der Waals surface area contributed by atoms with Gasteiger partial charge in [-0.3, -0.25) is 0 Å². The molecule has 124 valence electrons. The zero-order valence-corrected chi connectivity index (χ0v) is 14.4. The predicted molar refractivity (Wildman–Crippen MR) is 103 cm³/mol. The molecule has 1 aliphatic carbocycles. The van der Waals surface area contributed by atoms with Crippen LogP contribution in [0.5, 0.6) is 0 Å². The summed E-state index contributed by atoms with van der Waals surface area (Å²) >= 11 is 0. The lowest BCUT2D eigenvalue weighted by molar-refractivity contribution is 0.0612. The minimum Gasteiger partial charge on any atom is -0.380 e. The molecule has 3 aromatic carbocycles. The van der Waals surface area contributed by atoms with Crippen LogP contribution in [0.2, 0.25) is 0 Å². The van der Waals surface area contributed by atoms with E-state index in [0.29, 0.717) is 0 Å². The van der Waals surface area contributed by atoms with Crippen molar-refractivity contribution in [3.05, 3.63) is 113 Å². The maximum atomic E-state index is 11.8.